The molecule has 0 unspecified atom stereocenters. The maximum atomic E-state index is 10.9. The van der Waals surface area contributed by atoms with Crippen molar-refractivity contribution >= 4 is 12.0 Å². The summed E-state index contributed by atoms with van der Waals surface area (Å²) >= 11 is 0. The smallest absolute Gasteiger partial charge is 0.150 e. The molecule has 0 saturated heterocycles. The number of carbonyl (C=O) groups excluding carboxylic acids is 1. The molecule has 0 aliphatic heterocycles. The van der Waals surface area contributed by atoms with E-state index in [0.29, 0.717) is 5.56 Å². The van der Waals surface area contributed by atoms with Gasteiger partial charge in [-0.1, -0.05) is 37.8 Å². The van der Waals surface area contributed by atoms with E-state index < -0.39 is 0 Å². The summed E-state index contributed by atoms with van der Waals surface area (Å²) in [5, 5.41) is 0. The van der Waals surface area contributed by atoms with E-state index in [4.69, 9.17) is 0 Å². The van der Waals surface area contributed by atoms with Crippen LogP contribution in [-0.2, 0) is 0 Å². The molecule has 0 amide bonds. The second-order valence-corrected chi connectivity index (χ2v) is 3.57. The number of hydrogen-bond donors (Lipinski definition) is 0. The largest absolute Gasteiger partial charge is 0.375 e. The summed E-state index contributed by atoms with van der Waals surface area (Å²) in [7, 11) is 1.99. The summed E-state index contributed by atoms with van der Waals surface area (Å²) in [5.41, 5.74) is 2.52. The van der Waals surface area contributed by atoms with Gasteiger partial charge in [0.15, 0.2) is 6.29 Å². The van der Waals surface area contributed by atoms with Gasteiger partial charge in [0.1, 0.15) is 0 Å². The van der Waals surface area contributed by atoms with Gasteiger partial charge in [-0.3, -0.25) is 4.79 Å². The zero-order chi connectivity index (χ0) is 11.3. The maximum Gasteiger partial charge on any atom is 0.150 e. The van der Waals surface area contributed by atoms with E-state index in [9.17, 15) is 4.79 Å². The third kappa shape index (κ3) is 2.69. The highest BCUT2D eigenvalue weighted by atomic mass is 16.1. The number of nitrogens with zero attached hydrogens (tertiary/aromatic N) is 1. The second kappa shape index (κ2) is 5.35. The van der Waals surface area contributed by atoms with E-state index >= 15 is 0 Å². The molecule has 0 bridgehead atoms. The second-order valence-electron chi connectivity index (χ2n) is 3.57. The fourth-order valence-electron chi connectivity index (χ4n) is 1.54. The number of rotatable bonds is 5. The molecular formula is C13H17NO. The molecule has 2 nitrogen and oxygen atoms in total. The van der Waals surface area contributed by atoms with Gasteiger partial charge in [0.2, 0.25) is 0 Å². The van der Waals surface area contributed by atoms with E-state index in [-0.39, 0.29) is 0 Å². The molecule has 0 aromatic heterocycles. The van der Waals surface area contributed by atoms with Crippen LogP contribution in [0.15, 0.2) is 30.8 Å². The molecule has 0 radical (unpaired) electrons. The molecule has 0 aliphatic carbocycles. The predicted molar refractivity (Wildman–Crippen MR) is 63.8 cm³/mol. The lowest BCUT2D eigenvalue weighted by Crippen LogP contribution is -2.17. The zero-order valence-corrected chi connectivity index (χ0v) is 9.36. The third-order valence-electron chi connectivity index (χ3n) is 2.42. The van der Waals surface area contributed by atoms with Crippen LogP contribution < -0.4 is 0 Å². The summed E-state index contributed by atoms with van der Waals surface area (Å²) in [6.07, 6.45) is 1.94. The van der Waals surface area contributed by atoms with Crippen LogP contribution in [0.4, 0.5) is 0 Å². The van der Waals surface area contributed by atoms with Gasteiger partial charge in [0, 0.05) is 30.4 Å². The van der Waals surface area contributed by atoms with Gasteiger partial charge >= 0.3 is 0 Å². The fourth-order valence-corrected chi connectivity index (χ4v) is 1.54. The molecule has 1 aromatic carbocycles. The molecule has 0 saturated carbocycles. The van der Waals surface area contributed by atoms with Gasteiger partial charge in [-0.2, -0.15) is 0 Å². The van der Waals surface area contributed by atoms with E-state index in [1.807, 2.05) is 31.3 Å². The first kappa shape index (κ1) is 11.5. The molecule has 0 aliphatic rings. The number of aldehydes is 1. The Hall–Kier alpha value is -1.57. The molecular weight excluding hydrogens is 186 g/mol. The van der Waals surface area contributed by atoms with Gasteiger partial charge in [0.25, 0.3) is 0 Å². The van der Waals surface area contributed by atoms with Crippen molar-refractivity contribution < 1.29 is 4.79 Å². The van der Waals surface area contributed by atoms with Crippen molar-refractivity contribution in [1.29, 1.82) is 0 Å². The number of benzene rings is 1. The lowest BCUT2D eigenvalue weighted by molar-refractivity contribution is 0.112. The highest BCUT2D eigenvalue weighted by molar-refractivity contribution is 5.84. The van der Waals surface area contributed by atoms with Gasteiger partial charge < -0.3 is 4.90 Å². The van der Waals surface area contributed by atoms with Crippen LogP contribution in [0.2, 0.25) is 0 Å². The van der Waals surface area contributed by atoms with Gasteiger partial charge in [-0.15, -0.1) is 0 Å². The fraction of sp³-hybridized carbons (Fsp3) is 0.308. The number of carbonyl (C=O) groups is 1. The van der Waals surface area contributed by atoms with Crippen molar-refractivity contribution in [3.05, 3.63) is 42.0 Å². The Bertz CT molecular complexity index is 357. The summed E-state index contributed by atoms with van der Waals surface area (Å²) in [4.78, 5) is 12.9. The van der Waals surface area contributed by atoms with Gasteiger partial charge in [-0.05, 0) is 6.42 Å². The van der Waals surface area contributed by atoms with Gasteiger partial charge in [0.05, 0.1) is 0 Å². The lowest BCUT2D eigenvalue weighted by atomic mass is 10.1. The average molecular weight is 203 g/mol. The minimum atomic E-state index is 0.699. The van der Waals surface area contributed by atoms with Crippen molar-refractivity contribution in [3.63, 3.8) is 0 Å². The highest BCUT2D eigenvalue weighted by Crippen LogP contribution is 2.19. The number of hydrogen-bond acceptors (Lipinski definition) is 2. The van der Waals surface area contributed by atoms with E-state index in [1.54, 1.807) is 0 Å². The first-order chi connectivity index (χ1) is 7.20. The van der Waals surface area contributed by atoms with E-state index in [0.717, 1.165) is 30.5 Å². The Morgan fingerprint density at radius 3 is 2.73 bits per heavy atom. The normalized spacial score (nSPS) is 9.73. The third-order valence-corrected chi connectivity index (χ3v) is 2.42. The predicted octanol–water partition coefficient (Wildman–Crippen LogP) is 2.81. The quantitative estimate of drug-likeness (QED) is 0.686. The monoisotopic (exact) mass is 203 g/mol. The molecule has 80 valence electrons. The molecule has 0 spiro atoms. The Morgan fingerprint density at radius 2 is 2.13 bits per heavy atom. The molecule has 0 fully saturated rings. The SMILES string of the molecule is C=C(c1ccccc1C=O)N(C)CCC. The van der Waals surface area contributed by atoms with Crippen molar-refractivity contribution in [1.82, 2.24) is 4.90 Å². The van der Waals surface area contributed by atoms with Crippen molar-refractivity contribution in [3.8, 4) is 0 Å². The standard InChI is InChI=1S/C13H17NO/c1-4-9-14(3)11(2)13-8-6-5-7-12(13)10-15/h5-8,10H,2,4,9H2,1,3H3. The van der Waals surface area contributed by atoms with Crippen LogP contribution >= 0.6 is 0 Å². The van der Waals surface area contributed by atoms with Crippen LogP contribution in [-0.4, -0.2) is 24.8 Å². The van der Waals surface area contributed by atoms with Crippen molar-refractivity contribution in [2.24, 2.45) is 0 Å². The highest BCUT2D eigenvalue weighted by Gasteiger charge is 2.07. The first-order valence-corrected chi connectivity index (χ1v) is 5.15. The average Bonchev–Trinajstić information content (AvgIpc) is 2.28. The van der Waals surface area contributed by atoms with Crippen LogP contribution in [0.3, 0.4) is 0 Å². The summed E-state index contributed by atoms with van der Waals surface area (Å²) in [6.45, 7) is 7.09. The molecule has 0 heterocycles. The van der Waals surface area contributed by atoms with E-state index in [1.165, 1.54) is 0 Å². The zero-order valence-electron chi connectivity index (χ0n) is 9.36. The minimum absolute atomic E-state index is 0.699. The first-order valence-electron chi connectivity index (χ1n) is 5.15. The van der Waals surface area contributed by atoms with Crippen LogP contribution in [0.25, 0.3) is 5.70 Å². The van der Waals surface area contributed by atoms with Crippen molar-refractivity contribution in [2.45, 2.75) is 13.3 Å². The molecule has 15 heavy (non-hydrogen) atoms. The van der Waals surface area contributed by atoms with Crippen LogP contribution in [0.1, 0.15) is 29.3 Å². The summed E-state index contributed by atoms with van der Waals surface area (Å²) in [6, 6.07) is 7.53. The lowest BCUT2D eigenvalue weighted by Gasteiger charge is -2.21. The Kier molecular flexibility index (Phi) is 4.10. The van der Waals surface area contributed by atoms with Crippen LogP contribution in [0, 0.1) is 0 Å². The Balaban J connectivity index is 2.95. The summed E-state index contributed by atoms with van der Waals surface area (Å²) < 4.78 is 0. The summed E-state index contributed by atoms with van der Waals surface area (Å²) in [5.74, 6) is 0. The van der Waals surface area contributed by atoms with Crippen molar-refractivity contribution in [2.75, 3.05) is 13.6 Å². The Labute approximate surface area is 91.2 Å². The Morgan fingerprint density at radius 1 is 1.47 bits per heavy atom. The van der Waals surface area contributed by atoms with E-state index in [2.05, 4.69) is 18.4 Å². The molecule has 2 heteroatoms. The molecule has 0 atom stereocenters. The van der Waals surface area contributed by atoms with Gasteiger partial charge in [-0.25, -0.2) is 0 Å². The molecule has 0 N–H and O–H groups in total. The molecule has 1 aromatic rings. The van der Waals surface area contributed by atoms with Crippen LogP contribution in [0.5, 0.6) is 0 Å². The maximum absolute atomic E-state index is 10.9. The topological polar surface area (TPSA) is 20.3 Å². The molecule has 1 rings (SSSR count). The minimum Gasteiger partial charge on any atom is -0.375 e.